The van der Waals surface area contributed by atoms with Crippen LogP contribution >= 0.6 is 0 Å². The summed E-state index contributed by atoms with van der Waals surface area (Å²) in [5, 5.41) is 18.9. The van der Waals surface area contributed by atoms with Crippen LogP contribution in [-0.2, 0) is 4.79 Å². The fourth-order valence-electron chi connectivity index (χ4n) is 0.403. The molecule has 56 valence electrons. The lowest BCUT2D eigenvalue weighted by Crippen LogP contribution is -1.98. The second kappa shape index (κ2) is 4.55. The van der Waals surface area contributed by atoms with Crippen molar-refractivity contribution >= 4 is 12.2 Å². The molecule has 0 heterocycles. The van der Waals surface area contributed by atoms with E-state index in [-0.39, 0.29) is 5.57 Å². The highest BCUT2D eigenvalue weighted by Gasteiger charge is 2.00. The Morgan fingerprint density at radius 2 is 2.30 bits per heavy atom. The minimum Gasteiger partial charge on any atom is -0.478 e. The van der Waals surface area contributed by atoms with Crippen LogP contribution in [0.4, 0.5) is 0 Å². The molecular weight excluding hydrogens is 134 g/mol. The lowest BCUT2D eigenvalue weighted by atomic mass is 10.2. The molecule has 0 aromatic carbocycles. The number of hydrogen-bond acceptors (Lipinski definition) is 3. The fraction of sp³-hybridized carbons (Fsp3) is 0.333. The van der Waals surface area contributed by atoms with E-state index in [0.717, 1.165) is 0 Å². The predicted molar refractivity (Wildman–Crippen MR) is 36.3 cm³/mol. The van der Waals surface area contributed by atoms with Gasteiger partial charge in [-0.15, -0.1) is 5.16 Å². The first kappa shape index (κ1) is 8.68. The maximum absolute atomic E-state index is 10.1. The number of nitrogens with zero attached hydrogens (tertiary/aromatic N) is 1. The van der Waals surface area contributed by atoms with Crippen LogP contribution in [0.1, 0.15) is 12.8 Å². The average molecular weight is 143 g/mol. The summed E-state index contributed by atoms with van der Waals surface area (Å²) < 4.78 is 0. The minimum atomic E-state index is -1.01. The molecule has 0 saturated carbocycles. The highest BCUT2D eigenvalue weighted by molar-refractivity contribution is 5.86. The van der Waals surface area contributed by atoms with Gasteiger partial charge >= 0.3 is 5.97 Å². The highest BCUT2D eigenvalue weighted by atomic mass is 16.4. The number of carboxylic acids is 1. The van der Waals surface area contributed by atoms with Crippen molar-refractivity contribution in [3.8, 4) is 0 Å². The van der Waals surface area contributed by atoms with Crippen molar-refractivity contribution in [3.05, 3.63) is 12.2 Å². The van der Waals surface area contributed by atoms with E-state index in [9.17, 15) is 4.79 Å². The van der Waals surface area contributed by atoms with Crippen molar-refractivity contribution in [1.29, 1.82) is 0 Å². The number of carboxylic acid groups (broad SMARTS) is 1. The minimum absolute atomic E-state index is 0.125. The summed E-state index contributed by atoms with van der Waals surface area (Å²) in [5.74, 6) is -1.01. The third-order valence-corrected chi connectivity index (χ3v) is 0.959. The summed E-state index contributed by atoms with van der Waals surface area (Å²) in [4.78, 5) is 10.1. The van der Waals surface area contributed by atoms with Crippen molar-refractivity contribution in [2.45, 2.75) is 12.8 Å². The van der Waals surface area contributed by atoms with Crippen LogP contribution < -0.4 is 0 Å². The van der Waals surface area contributed by atoms with E-state index in [1.54, 1.807) is 0 Å². The molecule has 0 saturated heterocycles. The zero-order valence-electron chi connectivity index (χ0n) is 5.45. The Bertz CT molecular complexity index is 162. The van der Waals surface area contributed by atoms with E-state index >= 15 is 0 Å². The van der Waals surface area contributed by atoms with Crippen LogP contribution in [0.25, 0.3) is 0 Å². The lowest BCUT2D eigenvalue weighted by molar-refractivity contribution is -0.132. The van der Waals surface area contributed by atoms with Crippen molar-refractivity contribution in [3.63, 3.8) is 0 Å². The van der Waals surface area contributed by atoms with E-state index in [1.807, 2.05) is 0 Å². The zero-order chi connectivity index (χ0) is 7.98. The Kier molecular flexibility index (Phi) is 3.95. The molecule has 0 amide bonds. The molecule has 0 fully saturated rings. The quantitative estimate of drug-likeness (QED) is 0.265. The molecule has 0 bridgehead atoms. The molecule has 0 aliphatic carbocycles. The molecule has 2 N–H and O–H groups in total. The summed E-state index contributed by atoms with van der Waals surface area (Å²) in [6.45, 7) is 3.28. The Balaban J connectivity index is 3.50. The number of oxime groups is 1. The summed E-state index contributed by atoms with van der Waals surface area (Å²) in [6, 6.07) is 0. The van der Waals surface area contributed by atoms with Gasteiger partial charge < -0.3 is 10.3 Å². The van der Waals surface area contributed by atoms with Crippen LogP contribution in [0.5, 0.6) is 0 Å². The van der Waals surface area contributed by atoms with Gasteiger partial charge in [-0.2, -0.15) is 0 Å². The van der Waals surface area contributed by atoms with Crippen molar-refractivity contribution < 1.29 is 15.1 Å². The van der Waals surface area contributed by atoms with Gasteiger partial charge in [-0.1, -0.05) is 6.58 Å². The second-order valence-electron chi connectivity index (χ2n) is 1.75. The lowest BCUT2D eigenvalue weighted by Gasteiger charge is -1.92. The average Bonchev–Trinajstić information content (AvgIpc) is 1.88. The van der Waals surface area contributed by atoms with Gasteiger partial charge in [0.05, 0.1) is 0 Å². The Morgan fingerprint density at radius 1 is 1.70 bits per heavy atom. The van der Waals surface area contributed by atoms with Gasteiger partial charge in [0.15, 0.2) is 0 Å². The van der Waals surface area contributed by atoms with E-state index in [0.29, 0.717) is 12.8 Å². The third-order valence-electron chi connectivity index (χ3n) is 0.959. The second-order valence-corrected chi connectivity index (χ2v) is 1.75. The molecule has 0 aromatic heterocycles. The summed E-state index contributed by atoms with van der Waals surface area (Å²) >= 11 is 0. The Hall–Kier alpha value is -1.32. The molecule has 10 heavy (non-hydrogen) atoms. The number of carbonyl (C=O) groups is 1. The van der Waals surface area contributed by atoms with Gasteiger partial charge in [0.2, 0.25) is 0 Å². The molecule has 0 rings (SSSR count). The van der Waals surface area contributed by atoms with E-state index in [1.165, 1.54) is 6.21 Å². The van der Waals surface area contributed by atoms with Gasteiger partial charge in [-0.25, -0.2) is 4.79 Å². The molecule has 0 radical (unpaired) electrons. The molecule has 0 unspecified atom stereocenters. The van der Waals surface area contributed by atoms with Gasteiger partial charge in [0.1, 0.15) is 0 Å². The van der Waals surface area contributed by atoms with Crippen LogP contribution in [-0.4, -0.2) is 22.5 Å². The van der Waals surface area contributed by atoms with Crippen LogP contribution in [0, 0.1) is 0 Å². The van der Waals surface area contributed by atoms with Crippen LogP contribution in [0.3, 0.4) is 0 Å². The Morgan fingerprint density at radius 3 is 2.70 bits per heavy atom. The number of rotatable bonds is 4. The molecule has 4 heteroatoms. The molecular formula is C6H9NO3. The summed E-state index contributed by atoms with van der Waals surface area (Å²) in [6.07, 6.45) is 1.95. The zero-order valence-corrected chi connectivity index (χ0v) is 5.45. The standard InChI is InChI=1S/C6H9NO3/c1-5(6(8)9)3-2-4-7-10/h4,10H,1-3H2,(H,8,9). The van der Waals surface area contributed by atoms with Crippen molar-refractivity contribution in [1.82, 2.24) is 0 Å². The van der Waals surface area contributed by atoms with E-state index < -0.39 is 5.97 Å². The molecule has 0 spiro atoms. The van der Waals surface area contributed by atoms with E-state index in [4.69, 9.17) is 10.3 Å². The van der Waals surface area contributed by atoms with Crippen LogP contribution in [0.2, 0.25) is 0 Å². The topological polar surface area (TPSA) is 69.9 Å². The predicted octanol–water partition coefficient (Wildman–Crippen LogP) is 0.867. The van der Waals surface area contributed by atoms with Crippen LogP contribution in [0.15, 0.2) is 17.3 Å². The molecule has 0 aliphatic heterocycles. The monoisotopic (exact) mass is 143 g/mol. The Labute approximate surface area is 58.5 Å². The van der Waals surface area contributed by atoms with Crippen molar-refractivity contribution in [2.24, 2.45) is 5.16 Å². The normalized spacial score (nSPS) is 10.0. The summed E-state index contributed by atoms with van der Waals surface area (Å²) in [5.41, 5.74) is 0.125. The molecule has 0 aliphatic rings. The van der Waals surface area contributed by atoms with Gasteiger partial charge in [-0.05, 0) is 12.8 Å². The maximum Gasteiger partial charge on any atom is 0.330 e. The third kappa shape index (κ3) is 3.65. The number of hydrogen-bond donors (Lipinski definition) is 2. The van der Waals surface area contributed by atoms with E-state index in [2.05, 4.69) is 11.7 Å². The maximum atomic E-state index is 10.1. The SMILES string of the molecule is C=C(CCC=NO)C(=O)O. The first-order chi connectivity index (χ1) is 4.68. The summed E-state index contributed by atoms with van der Waals surface area (Å²) in [7, 11) is 0. The molecule has 4 nitrogen and oxygen atoms in total. The smallest absolute Gasteiger partial charge is 0.330 e. The van der Waals surface area contributed by atoms with Crippen molar-refractivity contribution in [2.75, 3.05) is 0 Å². The van der Waals surface area contributed by atoms with Gasteiger partial charge in [0.25, 0.3) is 0 Å². The number of aliphatic carboxylic acids is 1. The molecule has 0 aromatic rings. The first-order valence-electron chi connectivity index (χ1n) is 2.75. The van der Waals surface area contributed by atoms with Gasteiger partial charge in [-0.3, -0.25) is 0 Å². The fourth-order valence-corrected chi connectivity index (χ4v) is 0.403. The van der Waals surface area contributed by atoms with Gasteiger partial charge in [0, 0.05) is 11.8 Å². The molecule has 0 atom stereocenters. The highest BCUT2D eigenvalue weighted by Crippen LogP contribution is 1.99. The first-order valence-corrected chi connectivity index (χ1v) is 2.75. The largest absolute Gasteiger partial charge is 0.478 e.